The second kappa shape index (κ2) is 4.28. The highest BCUT2D eigenvalue weighted by molar-refractivity contribution is 5.77. The summed E-state index contributed by atoms with van der Waals surface area (Å²) in [5.41, 5.74) is -0.690. The van der Waals surface area contributed by atoms with Gasteiger partial charge in [0.05, 0.1) is 18.1 Å². The zero-order chi connectivity index (χ0) is 10.8. The summed E-state index contributed by atoms with van der Waals surface area (Å²) in [7, 11) is 0. The molecule has 2 unspecified atom stereocenters. The molecule has 1 aliphatic rings. The van der Waals surface area contributed by atoms with Crippen molar-refractivity contribution < 1.29 is 19.4 Å². The molecular weight excluding hydrogens is 184 g/mol. The first-order valence-corrected chi connectivity index (χ1v) is 5.05. The third-order valence-electron chi connectivity index (χ3n) is 2.74. The van der Waals surface area contributed by atoms with Crippen LogP contribution in [0.4, 0.5) is 0 Å². The minimum absolute atomic E-state index is 0.239. The van der Waals surface area contributed by atoms with Gasteiger partial charge in [-0.05, 0) is 20.3 Å². The zero-order valence-electron chi connectivity index (χ0n) is 8.95. The van der Waals surface area contributed by atoms with Crippen LogP contribution in [0.1, 0.15) is 33.6 Å². The summed E-state index contributed by atoms with van der Waals surface area (Å²) in [4.78, 5) is 11.7. The summed E-state index contributed by atoms with van der Waals surface area (Å²) in [6, 6.07) is 0. The average molecular weight is 202 g/mol. The molecule has 1 N–H and O–H groups in total. The lowest BCUT2D eigenvalue weighted by Gasteiger charge is -2.25. The number of carbonyl (C=O) groups is 1. The van der Waals surface area contributed by atoms with Gasteiger partial charge in [0.2, 0.25) is 0 Å². The molecule has 0 radical (unpaired) electrons. The van der Waals surface area contributed by atoms with Gasteiger partial charge in [-0.25, -0.2) is 0 Å². The predicted molar refractivity (Wildman–Crippen MR) is 50.5 cm³/mol. The monoisotopic (exact) mass is 202 g/mol. The molecule has 0 saturated carbocycles. The number of ether oxygens (including phenoxy) is 2. The lowest BCUT2D eigenvalue weighted by Crippen LogP contribution is -2.37. The molecule has 4 nitrogen and oxygen atoms in total. The van der Waals surface area contributed by atoms with Crippen molar-refractivity contribution in [1.82, 2.24) is 0 Å². The maximum Gasteiger partial charge on any atom is 0.314 e. The Bertz CT molecular complexity index is 216. The second-order valence-corrected chi connectivity index (χ2v) is 3.83. The molecule has 0 aromatic rings. The molecule has 0 amide bonds. The van der Waals surface area contributed by atoms with Gasteiger partial charge in [-0.2, -0.15) is 0 Å². The van der Waals surface area contributed by atoms with E-state index in [9.17, 15) is 9.90 Å². The second-order valence-electron chi connectivity index (χ2n) is 3.83. The first-order chi connectivity index (χ1) is 6.54. The van der Waals surface area contributed by atoms with Crippen LogP contribution in [-0.4, -0.2) is 30.1 Å². The molecule has 3 atom stereocenters. The van der Waals surface area contributed by atoms with Crippen LogP contribution in [0.15, 0.2) is 0 Å². The van der Waals surface area contributed by atoms with Crippen molar-refractivity contribution in [2.75, 3.05) is 6.61 Å². The maximum absolute atomic E-state index is 11.7. The van der Waals surface area contributed by atoms with Gasteiger partial charge in [0.25, 0.3) is 0 Å². The van der Waals surface area contributed by atoms with Gasteiger partial charge < -0.3 is 14.6 Å². The summed E-state index contributed by atoms with van der Waals surface area (Å²) in [6.07, 6.45) is -0.0533. The van der Waals surface area contributed by atoms with E-state index in [1.165, 1.54) is 0 Å². The van der Waals surface area contributed by atoms with E-state index >= 15 is 0 Å². The summed E-state index contributed by atoms with van der Waals surface area (Å²) >= 11 is 0. The van der Waals surface area contributed by atoms with E-state index in [1.807, 2.05) is 6.92 Å². The number of carbonyl (C=O) groups excluding carboxylic acids is 1. The van der Waals surface area contributed by atoms with Gasteiger partial charge in [-0.3, -0.25) is 4.79 Å². The van der Waals surface area contributed by atoms with Crippen molar-refractivity contribution in [3.05, 3.63) is 0 Å². The minimum Gasteiger partial charge on any atom is -0.465 e. The normalized spacial score (nSPS) is 37.1. The number of aliphatic hydroxyl groups is 1. The van der Waals surface area contributed by atoms with Crippen LogP contribution in [0.5, 0.6) is 0 Å². The molecule has 0 bridgehead atoms. The number of rotatable bonds is 3. The molecule has 82 valence electrons. The standard InChI is InChI=1S/C10H18O4/c1-4-7-10(3,6-8(11)14-7)9(12)13-5-2/h7-8,11H,4-6H2,1-3H3/t7?,8?,10-/m0/s1. The molecule has 0 spiro atoms. The number of aliphatic hydroxyl groups excluding tert-OH is 1. The largest absolute Gasteiger partial charge is 0.465 e. The lowest BCUT2D eigenvalue weighted by atomic mass is 9.82. The summed E-state index contributed by atoms with van der Waals surface area (Å²) in [5.74, 6) is -0.275. The molecule has 0 aromatic heterocycles. The van der Waals surface area contributed by atoms with Gasteiger partial charge in [-0.1, -0.05) is 6.92 Å². The van der Waals surface area contributed by atoms with Crippen LogP contribution >= 0.6 is 0 Å². The van der Waals surface area contributed by atoms with E-state index in [2.05, 4.69) is 0 Å². The first kappa shape index (κ1) is 11.5. The topological polar surface area (TPSA) is 55.8 Å². The third-order valence-corrected chi connectivity index (χ3v) is 2.74. The number of hydrogen-bond donors (Lipinski definition) is 1. The summed E-state index contributed by atoms with van der Waals surface area (Å²) in [6.45, 7) is 5.85. The molecule has 1 rings (SSSR count). The molecule has 1 fully saturated rings. The fraction of sp³-hybridized carbons (Fsp3) is 0.900. The maximum atomic E-state index is 11.7. The number of hydrogen-bond acceptors (Lipinski definition) is 4. The molecule has 4 heteroatoms. The first-order valence-electron chi connectivity index (χ1n) is 5.05. The smallest absolute Gasteiger partial charge is 0.314 e. The van der Waals surface area contributed by atoms with E-state index in [1.54, 1.807) is 13.8 Å². The van der Waals surface area contributed by atoms with Crippen LogP contribution in [0.2, 0.25) is 0 Å². The molecule has 1 aliphatic heterocycles. The Morgan fingerprint density at radius 1 is 1.64 bits per heavy atom. The van der Waals surface area contributed by atoms with Crippen molar-refractivity contribution >= 4 is 5.97 Å². The lowest BCUT2D eigenvalue weighted by molar-refractivity contribution is -0.158. The fourth-order valence-corrected chi connectivity index (χ4v) is 1.94. The van der Waals surface area contributed by atoms with Crippen molar-refractivity contribution in [1.29, 1.82) is 0 Å². The van der Waals surface area contributed by atoms with Crippen molar-refractivity contribution in [2.45, 2.75) is 46.0 Å². The molecule has 14 heavy (non-hydrogen) atoms. The quantitative estimate of drug-likeness (QED) is 0.695. The third kappa shape index (κ3) is 1.91. The summed E-state index contributed by atoms with van der Waals surface area (Å²) < 4.78 is 10.2. The van der Waals surface area contributed by atoms with Gasteiger partial charge in [0.15, 0.2) is 6.29 Å². The molecule has 0 aliphatic carbocycles. The van der Waals surface area contributed by atoms with E-state index in [0.717, 1.165) is 0 Å². The van der Waals surface area contributed by atoms with Crippen molar-refractivity contribution in [2.24, 2.45) is 5.41 Å². The van der Waals surface area contributed by atoms with Gasteiger partial charge >= 0.3 is 5.97 Å². The predicted octanol–water partition coefficient (Wildman–Crippen LogP) is 1.07. The molecule has 0 aromatic carbocycles. The fourth-order valence-electron chi connectivity index (χ4n) is 1.94. The highest BCUT2D eigenvalue weighted by Gasteiger charge is 2.50. The van der Waals surface area contributed by atoms with E-state index < -0.39 is 11.7 Å². The van der Waals surface area contributed by atoms with Crippen LogP contribution in [-0.2, 0) is 14.3 Å². The van der Waals surface area contributed by atoms with Gasteiger partial charge in [0, 0.05) is 6.42 Å². The van der Waals surface area contributed by atoms with Gasteiger partial charge in [0.1, 0.15) is 0 Å². The van der Waals surface area contributed by atoms with E-state index in [-0.39, 0.29) is 12.1 Å². The van der Waals surface area contributed by atoms with Crippen LogP contribution in [0.3, 0.4) is 0 Å². The van der Waals surface area contributed by atoms with E-state index in [0.29, 0.717) is 19.4 Å². The van der Waals surface area contributed by atoms with E-state index in [4.69, 9.17) is 9.47 Å². The van der Waals surface area contributed by atoms with Crippen molar-refractivity contribution in [3.8, 4) is 0 Å². The Balaban J connectivity index is 2.75. The van der Waals surface area contributed by atoms with Gasteiger partial charge in [-0.15, -0.1) is 0 Å². The Labute approximate surface area is 84.2 Å². The highest BCUT2D eigenvalue weighted by atomic mass is 16.6. The zero-order valence-corrected chi connectivity index (χ0v) is 8.95. The number of esters is 1. The Hall–Kier alpha value is -0.610. The van der Waals surface area contributed by atoms with Crippen molar-refractivity contribution in [3.63, 3.8) is 0 Å². The minimum atomic E-state index is -0.839. The molecular formula is C10H18O4. The highest BCUT2D eigenvalue weighted by Crippen LogP contribution is 2.40. The van der Waals surface area contributed by atoms with Crippen LogP contribution < -0.4 is 0 Å². The Morgan fingerprint density at radius 2 is 2.29 bits per heavy atom. The Kier molecular flexibility index (Phi) is 3.50. The SMILES string of the molecule is CCOC(=O)[C@@]1(C)CC(O)OC1CC. The van der Waals surface area contributed by atoms with Crippen LogP contribution in [0.25, 0.3) is 0 Å². The van der Waals surface area contributed by atoms with Crippen LogP contribution in [0, 0.1) is 5.41 Å². The Morgan fingerprint density at radius 3 is 2.79 bits per heavy atom. The summed E-state index contributed by atoms with van der Waals surface area (Å²) in [5, 5.41) is 9.35. The molecule has 1 heterocycles. The molecule has 1 saturated heterocycles. The average Bonchev–Trinajstić information content (AvgIpc) is 2.43.